The summed E-state index contributed by atoms with van der Waals surface area (Å²) in [5, 5.41) is 6.15. The van der Waals surface area contributed by atoms with Crippen LogP contribution in [0.3, 0.4) is 0 Å². The number of rotatable bonds is 6. The summed E-state index contributed by atoms with van der Waals surface area (Å²) >= 11 is 0. The number of aromatic nitrogens is 1. The number of hydrogen-bond donors (Lipinski definition) is 2. The summed E-state index contributed by atoms with van der Waals surface area (Å²) in [6.45, 7) is 3.08. The molecule has 30 heavy (non-hydrogen) atoms. The molecule has 0 bridgehead atoms. The zero-order valence-electron chi connectivity index (χ0n) is 17.8. The lowest BCUT2D eigenvalue weighted by atomic mass is 9.93. The van der Waals surface area contributed by atoms with Crippen LogP contribution >= 0.6 is 0 Å². The fourth-order valence-electron chi connectivity index (χ4n) is 3.78. The number of nitrogens with one attached hydrogen (secondary N) is 2. The molecule has 7 heteroatoms. The molecule has 3 rings (SSSR count). The second-order valence-corrected chi connectivity index (χ2v) is 7.69. The molecule has 2 N–H and O–H groups in total. The molecule has 0 unspecified atom stereocenters. The average molecular weight is 410 g/mol. The molecule has 0 aliphatic carbocycles. The summed E-state index contributed by atoms with van der Waals surface area (Å²) in [6.07, 6.45) is 4.42. The maximum absolute atomic E-state index is 11.9. The van der Waals surface area contributed by atoms with Crippen molar-refractivity contribution in [2.75, 3.05) is 27.2 Å². The van der Waals surface area contributed by atoms with E-state index in [1.165, 1.54) is 0 Å². The number of likely N-dealkylation sites (tertiary alicyclic amines) is 1. The van der Waals surface area contributed by atoms with Gasteiger partial charge in [-0.15, -0.1) is 0 Å². The van der Waals surface area contributed by atoms with Crippen molar-refractivity contribution in [3.63, 3.8) is 0 Å². The second-order valence-electron chi connectivity index (χ2n) is 7.69. The topological polar surface area (TPSA) is 78.7 Å². The Kier molecular flexibility index (Phi) is 7.65. The van der Waals surface area contributed by atoms with Crippen molar-refractivity contribution in [3.05, 3.63) is 70.1 Å². The lowest BCUT2D eigenvalue weighted by Gasteiger charge is -2.34. The first kappa shape index (κ1) is 21.6. The van der Waals surface area contributed by atoms with Crippen LogP contribution in [0, 0.1) is 5.92 Å². The molecule has 0 saturated carbocycles. The Balaban J connectivity index is 1.49. The minimum Gasteiger partial charge on any atom is -0.359 e. The third kappa shape index (κ3) is 5.95. The Labute approximate surface area is 177 Å². The number of carbonyl (C=O) groups excluding carboxylic acids is 1. The van der Waals surface area contributed by atoms with Crippen LogP contribution in [0.4, 0.5) is 0 Å². The van der Waals surface area contributed by atoms with Gasteiger partial charge in [0.25, 0.3) is 5.56 Å². The number of aliphatic imine (C=N–C) groups is 1. The number of pyridine rings is 1. The van der Waals surface area contributed by atoms with Crippen molar-refractivity contribution in [2.45, 2.75) is 32.4 Å². The van der Waals surface area contributed by atoms with Gasteiger partial charge < -0.3 is 20.1 Å². The number of benzene rings is 1. The van der Waals surface area contributed by atoms with Crippen molar-refractivity contribution in [1.29, 1.82) is 0 Å². The maximum Gasteiger partial charge on any atom is 0.250 e. The molecule has 1 aliphatic rings. The number of guanidine groups is 1. The molecule has 1 saturated heterocycles. The SMILES string of the molecule is CN=C(NCc1ccc(Cn2ccccc2=O)cc1)N1CCC(CC(=O)NC)CC1. The highest BCUT2D eigenvalue weighted by Crippen LogP contribution is 2.20. The fraction of sp³-hybridized carbons (Fsp3) is 0.435. The molecular weight excluding hydrogens is 378 g/mol. The molecule has 0 atom stereocenters. The number of hydrogen-bond acceptors (Lipinski definition) is 3. The molecule has 0 radical (unpaired) electrons. The lowest BCUT2D eigenvalue weighted by molar-refractivity contribution is -0.121. The van der Waals surface area contributed by atoms with Crippen LogP contribution in [0.15, 0.2) is 58.4 Å². The Hall–Kier alpha value is -3.09. The Morgan fingerprint density at radius 3 is 2.43 bits per heavy atom. The van der Waals surface area contributed by atoms with E-state index in [1.54, 1.807) is 37.0 Å². The van der Waals surface area contributed by atoms with Gasteiger partial charge in [0.1, 0.15) is 0 Å². The molecule has 1 aromatic heterocycles. The Morgan fingerprint density at radius 2 is 1.80 bits per heavy atom. The Morgan fingerprint density at radius 1 is 1.10 bits per heavy atom. The van der Waals surface area contributed by atoms with Crippen molar-refractivity contribution >= 4 is 11.9 Å². The summed E-state index contributed by atoms with van der Waals surface area (Å²) in [4.78, 5) is 30.1. The number of nitrogens with zero attached hydrogens (tertiary/aromatic N) is 3. The highest BCUT2D eigenvalue weighted by molar-refractivity contribution is 5.80. The van der Waals surface area contributed by atoms with E-state index in [4.69, 9.17) is 0 Å². The zero-order valence-corrected chi connectivity index (χ0v) is 17.8. The highest BCUT2D eigenvalue weighted by Gasteiger charge is 2.22. The van der Waals surface area contributed by atoms with E-state index in [0.717, 1.165) is 43.0 Å². The van der Waals surface area contributed by atoms with Gasteiger partial charge in [-0.3, -0.25) is 14.6 Å². The minimum absolute atomic E-state index is 0.00568. The third-order valence-corrected chi connectivity index (χ3v) is 5.60. The standard InChI is InChI=1S/C23H31N5O2/c1-24-21(29)15-18-10-13-27(14-11-18)23(25-2)26-16-19-6-8-20(9-7-19)17-28-12-4-3-5-22(28)30/h3-9,12,18H,10-11,13-17H2,1-2H3,(H,24,29)(H,25,26). The monoisotopic (exact) mass is 409 g/mol. The molecule has 1 aromatic carbocycles. The van der Waals surface area contributed by atoms with E-state index in [9.17, 15) is 9.59 Å². The van der Waals surface area contributed by atoms with E-state index in [2.05, 4.69) is 44.8 Å². The molecule has 2 heterocycles. The van der Waals surface area contributed by atoms with Crippen molar-refractivity contribution in [3.8, 4) is 0 Å². The molecule has 0 spiro atoms. The second kappa shape index (κ2) is 10.6. The molecule has 1 amide bonds. The van der Waals surface area contributed by atoms with Crippen LogP contribution in [-0.4, -0.2) is 48.5 Å². The van der Waals surface area contributed by atoms with Gasteiger partial charge in [-0.25, -0.2) is 0 Å². The molecular formula is C23H31N5O2. The number of carbonyl (C=O) groups is 1. The van der Waals surface area contributed by atoms with Gasteiger partial charge in [0.15, 0.2) is 5.96 Å². The molecule has 160 valence electrons. The number of amides is 1. The van der Waals surface area contributed by atoms with Gasteiger partial charge in [0.2, 0.25) is 5.91 Å². The van der Waals surface area contributed by atoms with E-state index in [0.29, 0.717) is 25.4 Å². The molecule has 1 aliphatic heterocycles. The quantitative estimate of drug-likeness (QED) is 0.564. The Bertz CT molecular complexity index is 912. The van der Waals surface area contributed by atoms with Crippen LogP contribution in [0.25, 0.3) is 0 Å². The molecule has 7 nitrogen and oxygen atoms in total. The molecule has 1 fully saturated rings. The predicted molar refractivity (Wildman–Crippen MR) is 119 cm³/mol. The minimum atomic E-state index is 0.00568. The largest absolute Gasteiger partial charge is 0.359 e. The van der Waals surface area contributed by atoms with E-state index >= 15 is 0 Å². The van der Waals surface area contributed by atoms with Gasteiger partial charge in [0, 0.05) is 52.4 Å². The zero-order chi connectivity index (χ0) is 21.3. The van der Waals surface area contributed by atoms with E-state index < -0.39 is 0 Å². The average Bonchev–Trinajstić information content (AvgIpc) is 2.78. The summed E-state index contributed by atoms with van der Waals surface area (Å²) < 4.78 is 1.70. The maximum atomic E-state index is 11.9. The van der Waals surface area contributed by atoms with Gasteiger partial charge in [-0.05, 0) is 36.0 Å². The van der Waals surface area contributed by atoms with Gasteiger partial charge in [-0.1, -0.05) is 30.3 Å². The van der Waals surface area contributed by atoms with Crippen LogP contribution in [0.1, 0.15) is 30.4 Å². The van der Waals surface area contributed by atoms with Gasteiger partial charge >= 0.3 is 0 Å². The highest BCUT2D eigenvalue weighted by atomic mass is 16.1. The summed E-state index contributed by atoms with van der Waals surface area (Å²) in [5.41, 5.74) is 2.26. The summed E-state index contributed by atoms with van der Waals surface area (Å²) in [7, 11) is 3.50. The van der Waals surface area contributed by atoms with E-state index in [-0.39, 0.29) is 11.5 Å². The van der Waals surface area contributed by atoms with Crippen molar-refractivity contribution in [1.82, 2.24) is 20.1 Å². The van der Waals surface area contributed by atoms with Crippen LogP contribution in [-0.2, 0) is 17.9 Å². The van der Waals surface area contributed by atoms with Crippen molar-refractivity contribution < 1.29 is 4.79 Å². The first-order valence-electron chi connectivity index (χ1n) is 10.5. The number of piperidine rings is 1. The first-order valence-corrected chi connectivity index (χ1v) is 10.5. The van der Waals surface area contributed by atoms with E-state index in [1.807, 2.05) is 6.07 Å². The lowest BCUT2D eigenvalue weighted by Crippen LogP contribution is -2.45. The van der Waals surface area contributed by atoms with Gasteiger partial charge in [0.05, 0.1) is 6.54 Å². The van der Waals surface area contributed by atoms with Gasteiger partial charge in [-0.2, -0.15) is 0 Å². The summed E-state index contributed by atoms with van der Waals surface area (Å²) in [5.74, 6) is 1.47. The smallest absolute Gasteiger partial charge is 0.250 e. The van der Waals surface area contributed by atoms with Crippen LogP contribution in [0.5, 0.6) is 0 Å². The molecule has 2 aromatic rings. The summed E-state index contributed by atoms with van der Waals surface area (Å²) in [6, 6.07) is 13.5. The normalized spacial score (nSPS) is 15.1. The van der Waals surface area contributed by atoms with Crippen LogP contribution in [0.2, 0.25) is 0 Å². The third-order valence-electron chi connectivity index (χ3n) is 5.60. The van der Waals surface area contributed by atoms with Crippen LogP contribution < -0.4 is 16.2 Å². The predicted octanol–water partition coefficient (Wildman–Crippen LogP) is 1.82. The fourth-order valence-corrected chi connectivity index (χ4v) is 3.78. The first-order chi connectivity index (χ1) is 14.6. The van der Waals surface area contributed by atoms with Crippen molar-refractivity contribution in [2.24, 2.45) is 10.9 Å².